The molecule has 0 fully saturated rings. The van der Waals surface area contributed by atoms with Crippen molar-refractivity contribution in [2.75, 3.05) is 0 Å². The number of carboxylic acid groups (broad SMARTS) is 1. The Morgan fingerprint density at radius 1 is 1.33 bits per heavy atom. The first kappa shape index (κ1) is 12.3. The molecule has 18 heavy (non-hydrogen) atoms. The highest BCUT2D eigenvalue weighted by Gasteiger charge is 2.14. The van der Waals surface area contributed by atoms with Gasteiger partial charge in [0, 0.05) is 0 Å². The third-order valence-corrected chi connectivity index (χ3v) is 2.89. The lowest BCUT2D eigenvalue weighted by Gasteiger charge is -2.09. The third kappa shape index (κ3) is 2.25. The van der Waals surface area contributed by atoms with E-state index < -0.39 is 5.97 Å². The Bertz CT molecular complexity index is 602. The Hall–Kier alpha value is -2.17. The number of nitrogens with zero attached hydrogens (tertiary/aromatic N) is 3. The second kappa shape index (κ2) is 4.60. The zero-order chi connectivity index (χ0) is 13.3. The number of rotatable bonds is 3. The summed E-state index contributed by atoms with van der Waals surface area (Å²) in [6.07, 6.45) is -0.131. The van der Waals surface area contributed by atoms with Crippen LogP contribution in [0, 0.1) is 20.8 Å². The lowest BCUT2D eigenvalue weighted by molar-refractivity contribution is -0.136. The molecule has 1 aromatic heterocycles. The minimum atomic E-state index is -0.908. The van der Waals surface area contributed by atoms with Crippen LogP contribution in [0.15, 0.2) is 18.2 Å². The number of hydrogen-bond donors (Lipinski definition) is 1. The Morgan fingerprint density at radius 3 is 2.72 bits per heavy atom. The number of aromatic nitrogens is 3. The second-order valence-corrected chi connectivity index (χ2v) is 4.28. The fourth-order valence-corrected chi connectivity index (χ4v) is 1.87. The molecule has 0 unspecified atom stereocenters. The lowest BCUT2D eigenvalue weighted by Crippen LogP contribution is -2.10. The maximum atomic E-state index is 10.8. The first-order valence-corrected chi connectivity index (χ1v) is 5.70. The maximum absolute atomic E-state index is 10.8. The molecule has 1 heterocycles. The van der Waals surface area contributed by atoms with Crippen molar-refractivity contribution in [3.63, 3.8) is 0 Å². The van der Waals surface area contributed by atoms with Crippen LogP contribution in [0.5, 0.6) is 0 Å². The van der Waals surface area contributed by atoms with E-state index in [1.165, 1.54) is 0 Å². The molecule has 5 heteroatoms. The van der Waals surface area contributed by atoms with Crippen LogP contribution in [0.1, 0.15) is 22.8 Å². The summed E-state index contributed by atoms with van der Waals surface area (Å²) in [4.78, 5) is 15.0. The van der Waals surface area contributed by atoms with E-state index in [1.54, 1.807) is 11.6 Å². The van der Waals surface area contributed by atoms with Crippen LogP contribution in [0.2, 0.25) is 0 Å². The molecule has 0 saturated heterocycles. The van der Waals surface area contributed by atoms with Crippen LogP contribution >= 0.6 is 0 Å². The molecule has 0 aliphatic carbocycles. The fourth-order valence-electron chi connectivity index (χ4n) is 1.87. The van der Waals surface area contributed by atoms with Gasteiger partial charge in [0.15, 0.2) is 0 Å². The van der Waals surface area contributed by atoms with Gasteiger partial charge in [-0.1, -0.05) is 12.1 Å². The SMILES string of the molecule is Cc1nc(CC(=O)O)n(-c2cccc(C)c2C)n1. The Labute approximate surface area is 105 Å². The van der Waals surface area contributed by atoms with E-state index >= 15 is 0 Å². The summed E-state index contributed by atoms with van der Waals surface area (Å²) < 4.78 is 1.62. The van der Waals surface area contributed by atoms with Gasteiger partial charge in [-0.25, -0.2) is 9.67 Å². The first-order chi connectivity index (χ1) is 8.49. The molecule has 5 nitrogen and oxygen atoms in total. The van der Waals surface area contributed by atoms with Crippen LogP contribution in [-0.4, -0.2) is 25.8 Å². The average molecular weight is 245 g/mol. The molecule has 0 aliphatic heterocycles. The Balaban J connectivity index is 2.56. The maximum Gasteiger partial charge on any atom is 0.311 e. The molecule has 2 aromatic rings. The highest BCUT2D eigenvalue weighted by Crippen LogP contribution is 2.18. The molecule has 0 atom stereocenters. The molecule has 0 spiro atoms. The highest BCUT2D eigenvalue weighted by atomic mass is 16.4. The molecular weight excluding hydrogens is 230 g/mol. The van der Waals surface area contributed by atoms with Crippen molar-refractivity contribution in [1.82, 2.24) is 14.8 Å². The summed E-state index contributed by atoms with van der Waals surface area (Å²) in [5.74, 6) is 0.120. The van der Waals surface area contributed by atoms with Crippen molar-refractivity contribution in [3.8, 4) is 5.69 Å². The molecule has 94 valence electrons. The van der Waals surface area contributed by atoms with E-state index in [1.807, 2.05) is 32.0 Å². The highest BCUT2D eigenvalue weighted by molar-refractivity contribution is 5.69. The smallest absolute Gasteiger partial charge is 0.311 e. The lowest BCUT2D eigenvalue weighted by atomic mass is 10.1. The van der Waals surface area contributed by atoms with Gasteiger partial charge in [-0.3, -0.25) is 4.79 Å². The van der Waals surface area contributed by atoms with Crippen LogP contribution in [0.4, 0.5) is 0 Å². The summed E-state index contributed by atoms with van der Waals surface area (Å²) in [6, 6.07) is 5.86. The topological polar surface area (TPSA) is 68.0 Å². The Kier molecular flexibility index (Phi) is 3.14. The van der Waals surface area contributed by atoms with Gasteiger partial charge in [0.1, 0.15) is 18.1 Å². The van der Waals surface area contributed by atoms with Crippen LogP contribution in [0.25, 0.3) is 5.69 Å². The van der Waals surface area contributed by atoms with Crippen LogP contribution < -0.4 is 0 Å². The average Bonchev–Trinajstić information content (AvgIpc) is 2.62. The van der Waals surface area contributed by atoms with Gasteiger partial charge in [-0.05, 0) is 38.0 Å². The summed E-state index contributed by atoms with van der Waals surface area (Å²) in [5, 5.41) is 13.2. The minimum Gasteiger partial charge on any atom is -0.481 e. The van der Waals surface area contributed by atoms with Gasteiger partial charge < -0.3 is 5.11 Å². The van der Waals surface area contributed by atoms with E-state index in [2.05, 4.69) is 10.1 Å². The van der Waals surface area contributed by atoms with Gasteiger partial charge >= 0.3 is 5.97 Å². The molecule has 0 bridgehead atoms. The Morgan fingerprint density at radius 2 is 2.06 bits per heavy atom. The van der Waals surface area contributed by atoms with E-state index in [-0.39, 0.29) is 6.42 Å². The number of benzene rings is 1. The molecule has 1 N–H and O–H groups in total. The van der Waals surface area contributed by atoms with Gasteiger partial charge in [-0.2, -0.15) is 5.10 Å². The monoisotopic (exact) mass is 245 g/mol. The predicted molar refractivity (Wildman–Crippen MR) is 66.9 cm³/mol. The molecular formula is C13H15N3O2. The van der Waals surface area contributed by atoms with Crippen molar-refractivity contribution in [2.45, 2.75) is 27.2 Å². The largest absolute Gasteiger partial charge is 0.481 e. The van der Waals surface area contributed by atoms with E-state index in [9.17, 15) is 4.79 Å². The zero-order valence-corrected chi connectivity index (χ0v) is 10.6. The van der Waals surface area contributed by atoms with Crippen molar-refractivity contribution < 1.29 is 9.90 Å². The quantitative estimate of drug-likeness (QED) is 0.895. The molecule has 0 aliphatic rings. The number of carboxylic acids is 1. The summed E-state index contributed by atoms with van der Waals surface area (Å²) in [7, 11) is 0. The van der Waals surface area contributed by atoms with Gasteiger partial charge in [0.2, 0.25) is 0 Å². The first-order valence-electron chi connectivity index (χ1n) is 5.70. The number of aryl methyl sites for hydroxylation is 2. The summed E-state index contributed by atoms with van der Waals surface area (Å²) in [6.45, 7) is 5.76. The number of carbonyl (C=O) groups is 1. The van der Waals surface area contributed by atoms with Crippen molar-refractivity contribution in [2.24, 2.45) is 0 Å². The predicted octanol–water partition coefficient (Wildman–Crippen LogP) is 1.82. The second-order valence-electron chi connectivity index (χ2n) is 4.28. The summed E-state index contributed by atoms with van der Waals surface area (Å²) >= 11 is 0. The van der Waals surface area contributed by atoms with Crippen molar-refractivity contribution in [3.05, 3.63) is 41.0 Å². The zero-order valence-electron chi connectivity index (χ0n) is 10.6. The van der Waals surface area contributed by atoms with Crippen LogP contribution in [-0.2, 0) is 11.2 Å². The van der Waals surface area contributed by atoms with E-state index in [0.717, 1.165) is 16.8 Å². The van der Waals surface area contributed by atoms with Gasteiger partial charge in [-0.15, -0.1) is 0 Å². The molecule has 0 radical (unpaired) electrons. The third-order valence-electron chi connectivity index (χ3n) is 2.89. The van der Waals surface area contributed by atoms with E-state index in [4.69, 9.17) is 5.11 Å². The molecule has 2 rings (SSSR count). The number of aliphatic carboxylic acids is 1. The molecule has 0 saturated carbocycles. The van der Waals surface area contributed by atoms with E-state index in [0.29, 0.717) is 11.6 Å². The summed E-state index contributed by atoms with van der Waals surface area (Å²) in [5.41, 5.74) is 3.10. The van der Waals surface area contributed by atoms with Crippen molar-refractivity contribution >= 4 is 5.97 Å². The minimum absolute atomic E-state index is 0.131. The van der Waals surface area contributed by atoms with Crippen LogP contribution in [0.3, 0.4) is 0 Å². The van der Waals surface area contributed by atoms with Gasteiger partial charge in [0.25, 0.3) is 0 Å². The van der Waals surface area contributed by atoms with Crippen molar-refractivity contribution in [1.29, 1.82) is 0 Å². The molecule has 0 amide bonds. The van der Waals surface area contributed by atoms with Gasteiger partial charge in [0.05, 0.1) is 5.69 Å². The standard InChI is InChI=1S/C13H15N3O2/c1-8-5-4-6-11(9(8)2)16-12(7-13(17)18)14-10(3)15-16/h4-6H,7H2,1-3H3,(H,17,18). The number of hydrogen-bond acceptors (Lipinski definition) is 3. The normalized spacial score (nSPS) is 10.6. The fraction of sp³-hybridized carbons (Fsp3) is 0.308. The molecule has 1 aromatic carbocycles.